The Kier molecular flexibility index (Phi) is 2.75. The highest BCUT2D eigenvalue weighted by Crippen LogP contribution is 2.56. The van der Waals surface area contributed by atoms with E-state index in [1.807, 2.05) is 0 Å². The second-order valence-electron chi connectivity index (χ2n) is 6.88. The number of rotatable bonds is 3. The molecular weight excluding hydrogens is 245 g/mol. The number of hydrogen-bond acceptors (Lipinski definition) is 4. The molecule has 1 heterocycles. The lowest BCUT2D eigenvalue weighted by Crippen LogP contribution is -2.47. The number of nitrogens with two attached hydrogens (primary N) is 1. The number of alkyl halides is 1. The maximum atomic E-state index is 13.8. The first-order chi connectivity index (χ1) is 8.89. The minimum absolute atomic E-state index is 0.00389. The first-order valence-corrected chi connectivity index (χ1v) is 7.13. The van der Waals surface area contributed by atoms with Gasteiger partial charge in [-0.2, -0.15) is 4.98 Å². The van der Waals surface area contributed by atoms with Crippen molar-refractivity contribution in [2.45, 2.75) is 63.5 Å². The monoisotopic (exact) mass is 267 g/mol. The van der Waals surface area contributed by atoms with Crippen LogP contribution in [0, 0.1) is 5.41 Å². The van der Waals surface area contributed by atoms with Crippen LogP contribution in [0.2, 0.25) is 0 Å². The molecule has 3 fully saturated rings. The lowest BCUT2D eigenvalue weighted by molar-refractivity contribution is 0.0412. The zero-order valence-corrected chi connectivity index (χ0v) is 11.7. The van der Waals surface area contributed by atoms with Gasteiger partial charge in [-0.15, -0.1) is 0 Å². The van der Waals surface area contributed by atoms with Gasteiger partial charge in [-0.1, -0.05) is 5.16 Å². The van der Waals surface area contributed by atoms with E-state index in [-0.39, 0.29) is 11.3 Å². The zero-order chi connectivity index (χ0) is 13.7. The van der Waals surface area contributed by atoms with E-state index in [0.29, 0.717) is 11.2 Å². The number of nitrogens with zero attached hydrogens (tertiary/aromatic N) is 2. The summed E-state index contributed by atoms with van der Waals surface area (Å²) in [6, 6.07) is 0. The van der Waals surface area contributed by atoms with Gasteiger partial charge < -0.3 is 10.3 Å². The summed E-state index contributed by atoms with van der Waals surface area (Å²) in [5.41, 5.74) is 4.70. The molecule has 19 heavy (non-hydrogen) atoms. The summed E-state index contributed by atoms with van der Waals surface area (Å²) in [6.45, 7) is 3.67. The van der Waals surface area contributed by atoms with Gasteiger partial charge in [-0.3, -0.25) is 0 Å². The standard InChI is InChI=1S/C14H22FN3O/c1-12(2,15)11-17-10(18-19-11)14-6-3-13(9-16,4-7-14)5-8-14/h3-9,16H2,1-2H3. The van der Waals surface area contributed by atoms with E-state index in [4.69, 9.17) is 10.3 Å². The molecule has 5 heteroatoms. The van der Waals surface area contributed by atoms with E-state index < -0.39 is 5.67 Å². The van der Waals surface area contributed by atoms with Crippen molar-refractivity contribution in [3.63, 3.8) is 0 Å². The highest BCUT2D eigenvalue weighted by molar-refractivity contribution is 5.15. The van der Waals surface area contributed by atoms with Gasteiger partial charge in [0.05, 0.1) is 0 Å². The van der Waals surface area contributed by atoms with E-state index in [9.17, 15) is 4.39 Å². The fourth-order valence-electron chi connectivity index (χ4n) is 3.59. The number of hydrogen-bond donors (Lipinski definition) is 1. The van der Waals surface area contributed by atoms with Crippen molar-refractivity contribution in [3.05, 3.63) is 11.7 Å². The van der Waals surface area contributed by atoms with Crippen molar-refractivity contribution in [2.75, 3.05) is 6.54 Å². The van der Waals surface area contributed by atoms with Crippen LogP contribution in [-0.4, -0.2) is 16.7 Å². The van der Waals surface area contributed by atoms with Gasteiger partial charge in [0.15, 0.2) is 11.5 Å². The predicted octanol–water partition coefficient (Wildman–Crippen LogP) is 2.82. The summed E-state index contributed by atoms with van der Waals surface area (Å²) in [7, 11) is 0. The highest BCUT2D eigenvalue weighted by Gasteiger charge is 2.51. The van der Waals surface area contributed by atoms with Crippen molar-refractivity contribution in [2.24, 2.45) is 11.1 Å². The topological polar surface area (TPSA) is 64.9 Å². The smallest absolute Gasteiger partial charge is 0.263 e. The van der Waals surface area contributed by atoms with Crippen LogP contribution in [0.25, 0.3) is 0 Å². The minimum atomic E-state index is -1.56. The third-order valence-electron chi connectivity index (χ3n) is 5.24. The molecule has 0 spiro atoms. The van der Waals surface area contributed by atoms with Crippen LogP contribution in [0.15, 0.2) is 4.52 Å². The quantitative estimate of drug-likeness (QED) is 0.914. The molecule has 2 N–H and O–H groups in total. The summed E-state index contributed by atoms with van der Waals surface area (Å²) in [4.78, 5) is 4.34. The Bertz CT molecular complexity index is 453. The number of halogens is 1. The van der Waals surface area contributed by atoms with Gasteiger partial charge in [0.2, 0.25) is 0 Å². The molecule has 0 radical (unpaired) electrons. The van der Waals surface area contributed by atoms with Crippen LogP contribution in [0.5, 0.6) is 0 Å². The lowest BCUT2D eigenvalue weighted by atomic mass is 9.53. The van der Waals surface area contributed by atoms with Gasteiger partial charge in [-0.05, 0) is 64.3 Å². The Morgan fingerprint density at radius 2 is 1.79 bits per heavy atom. The van der Waals surface area contributed by atoms with E-state index in [2.05, 4.69) is 10.1 Å². The van der Waals surface area contributed by atoms with E-state index in [1.54, 1.807) is 0 Å². The van der Waals surface area contributed by atoms with Crippen LogP contribution in [0.3, 0.4) is 0 Å². The van der Waals surface area contributed by atoms with Crippen LogP contribution in [0.1, 0.15) is 64.1 Å². The Morgan fingerprint density at radius 1 is 1.21 bits per heavy atom. The highest BCUT2D eigenvalue weighted by atomic mass is 19.1. The molecule has 0 atom stereocenters. The van der Waals surface area contributed by atoms with Crippen molar-refractivity contribution < 1.29 is 8.91 Å². The zero-order valence-electron chi connectivity index (χ0n) is 11.7. The van der Waals surface area contributed by atoms with Crippen LogP contribution >= 0.6 is 0 Å². The third kappa shape index (κ3) is 1.98. The molecule has 0 aromatic carbocycles. The van der Waals surface area contributed by atoms with Gasteiger partial charge in [-0.25, -0.2) is 4.39 Å². The van der Waals surface area contributed by atoms with Crippen molar-refractivity contribution in [3.8, 4) is 0 Å². The van der Waals surface area contributed by atoms with Crippen LogP contribution in [-0.2, 0) is 11.1 Å². The predicted molar refractivity (Wildman–Crippen MR) is 69.3 cm³/mol. The van der Waals surface area contributed by atoms with E-state index in [1.165, 1.54) is 13.8 Å². The van der Waals surface area contributed by atoms with Gasteiger partial charge >= 0.3 is 0 Å². The Hall–Kier alpha value is -0.970. The first kappa shape index (κ1) is 13.0. The third-order valence-corrected chi connectivity index (χ3v) is 5.24. The molecule has 106 valence electrons. The molecule has 0 aliphatic heterocycles. The number of aromatic nitrogens is 2. The normalized spacial score (nSPS) is 34.7. The van der Waals surface area contributed by atoms with Crippen LogP contribution in [0.4, 0.5) is 4.39 Å². The van der Waals surface area contributed by atoms with Crippen molar-refractivity contribution in [1.82, 2.24) is 10.1 Å². The number of fused-ring (bicyclic) bond motifs is 3. The molecule has 1 aromatic rings. The molecule has 3 saturated carbocycles. The SMILES string of the molecule is CC(C)(F)c1nc(C23CCC(CN)(CC2)CC3)no1. The summed E-state index contributed by atoms with van der Waals surface area (Å²) >= 11 is 0. The van der Waals surface area contributed by atoms with Crippen molar-refractivity contribution >= 4 is 0 Å². The molecule has 4 rings (SSSR count). The molecule has 1 aromatic heterocycles. The van der Waals surface area contributed by atoms with Gasteiger partial charge in [0.25, 0.3) is 5.89 Å². The second-order valence-corrected chi connectivity index (χ2v) is 6.88. The van der Waals surface area contributed by atoms with Gasteiger partial charge in [0, 0.05) is 5.41 Å². The average Bonchev–Trinajstić information content (AvgIpc) is 2.91. The lowest BCUT2D eigenvalue weighted by Gasteiger charge is -2.51. The van der Waals surface area contributed by atoms with E-state index >= 15 is 0 Å². The molecule has 3 aliphatic rings. The van der Waals surface area contributed by atoms with Crippen LogP contribution < -0.4 is 5.73 Å². The Labute approximate surface area is 112 Å². The minimum Gasteiger partial charge on any atom is -0.336 e. The second kappa shape index (κ2) is 4.01. The molecule has 4 nitrogen and oxygen atoms in total. The molecule has 0 saturated heterocycles. The maximum absolute atomic E-state index is 13.8. The van der Waals surface area contributed by atoms with Gasteiger partial charge in [0.1, 0.15) is 0 Å². The fourth-order valence-corrected chi connectivity index (χ4v) is 3.59. The summed E-state index contributed by atoms with van der Waals surface area (Å²) in [5, 5.41) is 4.07. The Balaban J connectivity index is 1.86. The average molecular weight is 267 g/mol. The summed E-state index contributed by atoms with van der Waals surface area (Å²) in [5.74, 6) is 0.802. The van der Waals surface area contributed by atoms with E-state index in [0.717, 1.165) is 45.1 Å². The summed E-state index contributed by atoms with van der Waals surface area (Å²) in [6.07, 6.45) is 6.55. The first-order valence-electron chi connectivity index (χ1n) is 7.13. The summed E-state index contributed by atoms with van der Waals surface area (Å²) < 4.78 is 19.0. The largest absolute Gasteiger partial charge is 0.336 e. The van der Waals surface area contributed by atoms with Crippen molar-refractivity contribution in [1.29, 1.82) is 0 Å². The molecule has 0 amide bonds. The Morgan fingerprint density at radius 3 is 2.21 bits per heavy atom. The molecule has 2 bridgehead atoms. The molecule has 0 unspecified atom stereocenters. The molecule has 3 aliphatic carbocycles. The molecular formula is C14H22FN3O. The maximum Gasteiger partial charge on any atom is 0.263 e. The fraction of sp³-hybridized carbons (Fsp3) is 0.857.